The van der Waals surface area contributed by atoms with Crippen LogP contribution in [-0.4, -0.2) is 87.8 Å². The molecule has 9 heteroatoms. The van der Waals surface area contributed by atoms with Crippen molar-refractivity contribution in [2.75, 3.05) is 39.3 Å². The lowest BCUT2D eigenvalue weighted by Gasteiger charge is -2.37. The van der Waals surface area contributed by atoms with Gasteiger partial charge >= 0.3 is 11.9 Å². The van der Waals surface area contributed by atoms with Crippen molar-refractivity contribution >= 4 is 23.6 Å². The van der Waals surface area contributed by atoms with Crippen molar-refractivity contribution in [1.29, 1.82) is 0 Å². The second-order valence-electron chi connectivity index (χ2n) is 11.2. The van der Waals surface area contributed by atoms with Crippen LogP contribution in [0.15, 0.2) is 69.1 Å². The van der Waals surface area contributed by atoms with E-state index in [4.69, 9.17) is 10.2 Å². The smallest absolute Gasteiger partial charge is 0.305 e. The normalized spacial score (nSPS) is 24.9. The number of hydrogen-bond donors (Lipinski definition) is 2. The average Bonchev–Trinajstić information content (AvgIpc) is 2.94. The highest BCUT2D eigenvalue weighted by Gasteiger charge is 2.34. The van der Waals surface area contributed by atoms with Crippen LogP contribution in [-0.2, 0) is 19.2 Å². The number of ketones is 1. The van der Waals surface area contributed by atoms with E-state index in [1.807, 2.05) is 24.3 Å². The summed E-state index contributed by atoms with van der Waals surface area (Å²) < 4.78 is 0. The van der Waals surface area contributed by atoms with E-state index >= 15 is 0 Å². The monoisotopic (exact) mass is 547 g/mol. The number of carboxylic acid groups (broad SMARTS) is 2. The second kappa shape index (κ2) is 11.7. The van der Waals surface area contributed by atoms with Gasteiger partial charge in [-0.25, -0.2) is 0 Å². The lowest BCUT2D eigenvalue weighted by molar-refractivity contribution is -0.138. The highest BCUT2D eigenvalue weighted by atomic mass is 16.4. The third-order valence-corrected chi connectivity index (χ3v) is 8.57. The fourth-order valence-electron chi connectivity index (χ4n) is 6.47. The number of carbonyl (C=O) groups is 4. The van der Waals surface area contributed by atoms with Gasteiger partial charge in [0.05, 0.1) is 25.9 Å². The molecule has 0 aromatic rings. The minimum Gasteiger partial charge on any atom is -0.481 e. The van der Waals surface area contributed by atoms with Crippen LogP contribution in [0.5, 0.6) is 0 Å². The van der Waals surface area contributed by atoms with Gasteiger partial charge in [-0.1, -0.05) is 12.2 Å². The Bertz CT molecular complexity index is 1240. The van der Waals surface area contributed by atoms with E-state index < -0.39 is 11.9 Å². The number of allylic oxidation sites excluding steroid dienone is 8. The summed E-state index contributed by atoms with van der Waals surface area (Å²) in [5.74, 6) is -1.69. The molecule has 0 bridgehead atoms. The molecule has 0 atom stereocenters. The third-order valence-electron chi connectivity index (χ3n) is 8.57. The van der Waals surface area contributed by atoms with Crippen molar-refractivity contribution in [1.82, 2.24) is 14.7 Å². The zero-order valence-corrected chi connectivity index (χ0v) is 23.1. The maximum Gasteiger partial charge on any atom is 0.305 e. The Kier molecular flexibility index (Phi) is 8.09. The first-order chi connectivity index (χ1) is 19.2. The van der Waals surface area contributed by atoms with E-state index in [-0.39, 0.29) is 37.6 Å². The maximum absolute atomic E-state index is 14.0. The summed E-state index contributed by atoms with van der Waals surface area (Å²) in [6.07, 6.45) is 13.2. The first-order valence-electron chi connectivity index (χ1n) is 14.2. The molecule has 0 spiro atoms. The Balaban J connectivity index is 1.42. The van der Waals surface area contributed by atoms with Gasteiger partial charge in [0.2, 0.25) is 5.91 Å². The number of nitrogens with zero attached hydrogens (tertiary/aromatic N) is 3. The van der Waals surface area contributed by atoms with Crippen LogP contribution in [0.2, 0.25) is 0 Å². The van der Waals surface area contributed by atoms with Gasteiger partial charge in [0.25, 0.3) is 0 Å². The summed E-state index contributed by atoms with van der Waals surface area (Å²) >= 11 is 0. The summed E-state index contributed by atoms with van der Waals surface area (Å²) in [5.41, 5.74) is 7.78. The quantitative estimate of drug-likeness (QED) is 0.485. The predicted molar refractivity (Wildman–Crippen MR) is 149 cm³/mol. The molecule has 1 amide bonds. The Morgan fingerprint density at radius 3 is 1.60 bits per heavy atom. The van der Waals surface area contributed by atoms with E-state index in [1.54, 1.807) is 4.90 Å². The van der Waals surface area contributed by atoms with Crippen LogP contribution in [0, 0.1) is 0 Å². The minimum atomic E-state index is -0.811. The Hall–Kier alpha value is -3.88. The molecule has 2 N–H and O–H groups in total. The fourth-order valence-corrected chi connectivity index (χ4v) is 6.47. The van der Waals surface area contributed by atoms with E-state index in [0.717, 1.165) is 61.3 Å². The van der Waals surface area contributed by atoms with Crippen LogP contribution in [0.25, 0.3) is 0 Å². The number of Topliss-reactive ketones (excluding diaryl/α,β-unsaturated/α-hetero) is 1. The van der Waals surface area contributed by atoms with Crippen LogP contribution in [0.4, 0.5) is 0 Å². The highest BCUT2D eigenvalue weighted by molar-refractivity contribution is 6.12. The molecule has 0 aromatic carbocycles. The number of rotatable bonds is 6. The molecule has 3 heterocycles. The number of aliphatic carboxylic acids is 2. The number of likely N-dealkylation sites (tertiary alicyclic amines) is 1. The van der Waals surface area contributed by atoms with Crippen LogP contribution < -0.4 is 0 Å². The molecule has 9 nitrogen and oxygen atoms in total. The van der Waals surface area contributed by atoms with Gasteiger partial charge in [-0.05, 0) is 73.0 Å². The summed E-state index contributed by atoms with van der Waals surface area (Å²) in [4.78, 5) is 54.8. The standard InChI is InChI=1S/C31H37N3O6/c1-20(35)34-18-25(21-6-8-27-23(16-21)4-2-12-32(27)14-10-29(36)37)31(40)26(19-34)22-7-9-28-24(17-22)5-3-13-33(28)15-11-30(38)39/h6-9H,2-5,10-19H2,1H3,(H,36,37)(H,38,39). The Morgan fingerprint density at radius 2 is 1.20 bits per heavy atom. The van der Waals surface area contributed by atoms with Crippen molar-refractivity contribution in [2.45, 2.75) is 58.3 Å². The van der Waals surface area contributed by atoms with Gasteiger partial charge in [0.1, 0.15) is 0 Å². The average molecular weight is 548 g/mol. The molecular formula is C31H37N3O6. The summed E-state index contributed by atoms with van der Waals surface area (Å²) in [7, 11) is 0. The molecule has 5 rings (SSSR count). The second-order valence-corrected chi connectivity index (χ2v) is 11.2. The Labute approximate surface area is 234 Å². The molecule has 0 radical (unpaired) electrons. The van der Waals surface area contributed by atoms with E-state index in [1.165, 1.54) is 18.1 Å². The van der Waals surface area contributed by atoms with Gasteiger partial charge in [-0.3, -0.25) is 19.2 Å². The lowest BCUT2D eigenvalue weighted by Crippen LogP contribution is -2.42. The van der Waals surface area contributed by atoms with Crippen molar-refractivity contribution in [3.63, 3.8) is 0 Å². The van der Waals surface area contributed by atoms with Crippen molar-refractivity contribution < 1.29 is 29.4 Å². The van der Waals surface area contributed by atoms with Crippen molar-refractivity contribution in [3.8, 4) is 0 Å². The fraction of sp³-hybridized carbons (Fsp3) is 0.484. The van der Waals surface area contributed by atoms with Gasteiger partial charge < -0.3 is 24.9 Å². The molecule has 2 aliphatic carbocycles. The number of hydrogen-bond acceptors (Lipinski definition) is 6. The molecular weight excluding hydrogens is 510 g/mol. The van der Waals surface area contributed by atoms with E-state index in [9.17, 15) is 19.2 Å². The first kappa shape index (κ1) is 27.7. The molecule has 0 unspecified atom stereocenters. The van der Waals surface area contributed by atoms with Gasteiger partial charge in [0, 0.05) is 55.6 Å². The topological polar surface area (TPSA) is 118 Å². The molecule has 0 saturated carbocycles. The van der Waals surface area contributed by atoms with Gasteiger partial charge in [-0.2, -0.15) is 0 Å². The summed E-state index contributed by atoms with van der Waals surface area (Å²) in [5, 5.41) is 18.3. The first-order valence-corrected chi connectivity index (χ1v) is 14.2. The summed E-state index contributed by atoms with van der Waals surface area (Å²) in [6, 6.07) is 0. The number of amides is 1. The SMILES string of the molecule is CC(=O)N1CC(=C2C=CC3=C(CCCN3CCC(=O)O)C2)C(=O)C(=C2C=CC3=C(CCCN3CCC(=O)O)C2)C1. The van der Waals surface area contributed by atoms with Gasteiger partial charge in [-0.15, -0.1) is 0 Å². The van der Waals surface area contributed by atoms with Crippen molar-refractivity contribution in [3.05, 3.63) is 69.1 Å². The van der Waals surface area contributed by atoms with E-state index in [2.05, 4.69) is 9.80 Å². The highest BCUT2D eigenvalue weighted by Crippen LogP contribution is 2.38. The predicted octanol–water partition coefficient (Wildman–Crippen LogP) is 3.58. The molecule has 1 saturated heterocycles. The minimum absolute atomic E-state index is 0.00184. The maximum atomic E-state index is 14.0. The molecule has 1 fully saturated rings. The molecule has 5 aliphatic rings. The van der Waals surface area contributed by atoms with Crippen LogP contribution in [0.3, 0.4) is 0 Å². The largest absolute Gasteiger partial charge is 0.481 e. The zero-order chi connectivity index (χ0) is 28.4. The third kappa shape index (κ3) is 5.83. The Morgan fingerprint density at radius 1 is 0.750 bits per heavy atom. The number of carboxylic acids is 2. The lowest BCUT2D eigenvalue weighted by atomic mass is 9.82. The number of carbonyl (C=O) groups excluding carboxylic acids is 2. The molecule has 0 aromatic heterocycles. The molecule has 40 heavy (non-hydrogen) atoms. The molecule has 212 valence electrons. The van der Waals surface area contributed by atoms with Crippen molar-refractivity contribution in [2.24, 2.45) is 0 Å². The number of piperidine rings is 1. The van der Waals surface area contributed by atoms with Gasteiger partial charge in [0.15, 0.2) is 5.78 Å². The summed E-state index contributed by atoms with van der Waals surface area (Å²) in [6.45, 7) is 4.71. The van der Waals surface area contributed by atoms with E-state index in [0.29, 0.717) is 37.1 Å². The zero-order valence-electron chi connectivity index (χ0n) is 23.1. The molecule has 3 aliphatic heterocycles. The van der Waals surface area contributed by atoms with Crippen LogP contribution in [0.1, 0.15) is 58.3 Å². The van der Waals surface area contributed by atoms with Crippen LogP contribution >= 0.6 is 0 Å².